The molecule has 6 nitrogen and oxygen atoms in total. The maximum Gasteiger partial charge on any atom is 0.323 e. The molecule has 1 aromatic heterocycles. The molecule has 1 aliphatic heterocycles. The first-order valence-corrected chi connectivity index (χ1v) is 9.65. The van der Waals surface area contributed by atoms with Crippen molar-refractivity contribution in [1.29, 1.82) is 0 Å². The monoisotopic (exact) mass is 386 g/mol. The van der Waals surface area contributed by atoms with Crippen molar-refractivity contribution in [1.82, 2.24) is 4.90 Å². The molecule has 0 spiro atoms. The van der Waals surface area contributed by atoms with E-state index in [2.05, 4.69) is 0 Å². The van der Waals surface area contributed by atoms with E-state index in [1.165, 1.54) is 23.3 Å². The van der Waals surface area contributed by atoms with Crippen molar-refractivity contribution < 1.29 is 19.5 Å². The number of carboxylic acid groups (broad SMARTS) is 1. The van der Waals surface area contributed by atoms with E-state index >= 15 is 0 Å². The van der Waals surface area contributed by atoms with Crippen LogP contribution in [0.15, 0.2) is 41.8 Å². The molecule has 0 radical (unpaired) electrons. The van der Waals surface area contributed by atoms with Gasteiger partial charge in [0.1, 0.15) is 6.54 Å². The number of piperidine rings is 1. The summed E-state index contributed by atoms with van der Waals surface area (Å²) in [5, 5.41) is 10.9. The molecule has 1 aromatic carbocycles. The number of aliphatic carboxylic acids is 1. The number of rotatable bonds is 5. The molecule has 1 saturated heterocycles. The molecule has 2 amide bonds. The van der Waals surface area contributed by atoms with Crippen molar-refractivity contribution in [3.63, 3.8) is 0 Å². The van der Waals surface area contributed by atoms with Crippen molar-refractivity contribution >= 4 is 34.8 Å². The van der Waals surface area contributed by atoms with Crippen molar-refractivity contribution in [3.8, 4) is 0 Å². The number of aryl methyl sites for hydroxylation is 1. The quantitative estimate of drug-likeness (QED) is 0.857. The normalized spacial score (nSPS) is 19.8. The highest BCUT2D eigenvalue weighted by molar-refractivity contribution is 7.10. The number of hydrogen-bond acceptors (Lipinski definition) is 4. The molecule has 2 atom stereocenters. The Bertz CT molecular complexity index is 832. The summed E-state index contributed by atoms with van der Waals surface area (Å²) in [4.78, 5) is 40.7. The molecule has 0 aliphatic carbocycles. The van der Waals surface area contributed by atoms with Crippen LogP contribution < -0.4 is 4.90 Å². The first-order valence-electron chi connectivity index (χ1n) is 8.77. The second-order valence-corrected chi connectivity index (χ2v) is 7.77. The van der Waals surface area contributed by atoms with Gasteiger partial charge in [0.25, 0.3) is 0 Å². The van der Waals surface area contributed by atoms with E-state index in [1.54, 1.807) is 4.90 Å². The van der Waals surface area contributed by atoms with Gasteiger partial charge in [-0.15, -0.1) is 11.3 Å². The molecular formula is C20H22N2O4S. The third-order valence-electron chi connectivity index (χ3n) is 4.81. The number of amides is 2. The van der Waals surface area contributed by atoms with Crippen LogP contribution in [-0.2, 0) is 14.4 Å². The maximum absolute atomic E-state index is 13.0. The molecule has 2 aromatic rings. The van der Waals surface area contributed by atoms with E-state index in [0.717, 1.165) is 16.1 Å². The van der Waals surface area contributed by atoms with E-state index in [-0.39, 0.29) is 24.8 Å². The van der Waals surface area contributed by atoms with Gasteiger partial charge in [0, 0.05) is 24.0 Å². The summed E-state index contributed by atoms with van der Waals surface area (Å²) < 4.78 is 0. The molecule has 142 valence electrons. The average molecular weight is 386 g/mol. The summed E-state index contributed by atoms with van der Waals surface area (Å²) in [7, 11) is 1.49. The number of carbonyl (C=O) groups excluding carboxylic acids is 2. The van der Waals surface area contributed by atoms with Gasteiger partial charge in [0.05, 0.1) is 12.0 Å². The van der Waals surface area contributed by atoms with Gasteiger partial charge >= 0.3 is 5.97 Å². The molecule has 1 fully saturated rings. The lowest BCUT2D eigenvalue weighted by atomic mass is 9.86. The summed E-state index contributed by atoms with van der Waals surface area (Å²) >= 11 is 1.50. The molecule has 1 aliphatic rings. The molecule has 0 bridgehead atoms. The van der Waals surface area contributed by atoms with Crippen molar-refractivity contribution in [3.05, 3.63) is 52.2 Å². The molecule has 7 heteroatoms. The minimum Gasteiger partial charge on any atom is -0.480 e. The Kier molecular flexibility index (Phi) is 5.60. The smallest absolute Gasteiger partial charge is 0.323 e. The molecule has 27 heavy (non-hydrogen) atoms. The number of nitrogens with zero attached hydrogens (tertiary/aromatic N) is 2. The zero-order valence-electron chi connectivity index (χ0n) is 15.3. The van der Waals surface area contributed by atoms with Crippen molar-refractivity contribution in [2.24, 2.45) is 5.92 Å². The summed E-state index contributed by atoms with van der Waals surface area (Å²) in [5.41, 5.74) is 1.84. The predicted molar refractivity (Wildman–Crippen MR) is 104 cm³/mol. The largest absolute Gasteiger partial charge is 0.480 e. The molecule has 3 rings (SSSR count). The third-order valence-corrected chi connectivity index (χ3v) is 5.75. The molecule has 0 saturated carbocycles. The van der Waals surface area contributed by atoms with Crippen LogP contribution in [0, 0.1) is 12.8 Å². The van der Waals surface area contributed by atoms with E-state index in [9.17, 15) is 14.4 Å². The topological polar surface area (TPSA) is 77.9 Å². The van der Waals surface area contributed by atoms with Crippen LogP contribution in [0.4, 0.5) is 5.69 Å². The van der Waals surface area contributed by atoms with Gasteiger partial charge in [-0.25, -0.2) is 0 Å². The fraction of sp³-hybridized carbons (Fsp3) is 0.350. The minimum atomic E-state index is -1.05. The lowest BCUT2D eigenvalue weighted by molar-refractivity contribution is -0.146. The number of carbonyl (C=O) groups is 3. The number of benzene rings is 1. The van der Waals surface area contributed by atoms with E-state index < -0.39 is 17.9 Å². The van der Waals surface area contributed by atoms with Gasteiger partial charge in [-0.2, -0.15) is 0 Å². The Hall–Kier alpha value is -2.67. The number of anilines is 1. The Morgan fingerprint density at radius 1 is 1.26 bits per heavy atom. The SMILES string of the molecule is Cc1ccc(N2C(=O)CCC(C(=O)N(C)CC(=O)O)C2c2cccs2)cc1. The van der Waals surface area contributed by atoms with Crippen LogP contribution in [0.2, 0.25) is 0 Å². The van der Waals surface area contributed by atoms with Crippen LogP contribution in [0.5, 0.6) is 0 Å². The van der Waals surface area contributed by atoms with Gasteiger partial charge in [-0.05, 0) is 36.9 Å². The molecule has 2 unspecified atom stereocenters. The van der Waals surface area contributed by atoms with Crippen LogP contribution in [-0.4, -0.2) is 41.4 Å². The van der Waals surface area contributed by atoms with Crippen molar-refractivity contribution in [2.45, 2.75) is 25.8 Å². The van der Waals surface area contributed by atoms with Crippen LogP contribution >= 0.6 is 11.3 Å². The summed E-state index contributed by atoms with van der Waals surface area (Å²) in [6, 6.07) is 11.1. The second kappa shape index (κ2) is 7.92. The maximum atomic E-state index is 13.0. The van der Waals surface area contributed by atoms with Crippen LogP contribution in [0.1, 0.15) is 29.3 Å². The number of likely N-dealkylation sites (N-methyl/N-ethyl adjacent to an activating group) is 1. The predicted octanol–water partition coefficient (Wildman–Crippen LogP) is 3.08. The van der Waals surface area contributed by atoms with Gasteiger partial charge in [0.2, 0.25) is 11.8 Å². The lowest BCUT2D eigenvalue weighted by Gasteiger charge is -2.41. The van der Waals surface area contributed by atoms with Crippen LogP contribution in [0.3, 0.4) is 0 Å². The van der Waals surface area contributed by atoms with E-state index in [4.69, 9.17) is 5.11 Å². The molecular weight excluding hydrogens is 364 g/mol. The standard InChI is InChI=1S/C20H22N2O4S/c1-13-5-7-14(8-6-13)22-17(23)10-9-15(19(22)16-4-3-11-27-16)20(26)21(2)12-18(24)25/h3-8,11,15,19H,9-10,12H2,1-2H3,(H,24,25). The zero-order valence-corrected chi connectivity index (χ0v) is 16.1. The Labute approximate surface area is 162 Å². The summed E-state index contributed by atoms with van der Waals surface area (Å²) in [6.45, 7) is 1.62. The van der Waals surface area contributed by atoms with Crippen molar-refractivity contribution in [2.75, 3.05) is 18.5 Å². The lowest BCUT2D eigenvalue weighted by Crippen LogP contribution is -2.49. The first kappa shape index (κ1) is 19.1. The Morgan fingerprint density at radius 2 is 1.96 bits per heavy atom. The number of hydrogen-bond donors (Lipinski definition) is 1. The average Bonchev–Trinajstić information content (AvgIpc) is 3.15. The Morgan fingerprint density at radius 3 is 2.56 bits per heavy atom. The van der Waals surface area contributed by atoms with Gasteiger partial charge < -0.3 is 14.9 Å². The zero-order chi connectivity index (χ0) is 19.6. The Balaban J connectivity index is 2.01. The fourth-order valence-corrected chi connectivity index (χ4v) is 4.39. The number of carboxylic acids is 1. The second-order valence-electron chi connectivity index (χ2n) is 6.79. The first-order chi connectivity index (χ1) is 12.9. The highest BCUT2D eigenvalue weighted by atomic mass is 32.1. The highest BCUT2D eigenvalue weighted by Gasteiger charge is 2.43. The fourth-order valence-electron chi connectivity index (χ4n) is 3.51. The molecule has 2 heterocycles. The highest BCUT2D eigenvalue weighted by Crippen LogP contribution is 2.42. The van der Waals surface area contributed by atoms with Crippen LogP contribution in [0.25, 0.3) is 0 Å². The summed E-state index contributed by atoms with van der Waals surface area (Å²) in [5.74, 6) is -1.81. The third kappa shape index (κ3) is 4.03. The van der Waals surface area contributed by atoms with E-state index in [0.29, 0.717) is 6.42 Å². The minimum absolute atomic E-state index is 0.0257. The molecule has 1 N–H and O–H groups in total. The van der Waals surface area contributed by atoms with Gasteiger partial charge in [0.15, 0.2) is 0 Å². The number of thiophene rings is 1. The van der Waals surface area contributed by atoms with Gasteiger partial charge in [-0.3, -0.25) is 14.4 Å². The van der Waals surface area contributed by atoms with E-state index in [1.807, 2.05) is 48.7 Å². The summed E-state index contributed by atoms with van der Waals surface area (Å²) in [6.07, 6.45) is 0.666. The van der Waals surface area contributed by atoms with Gasteiger partial charge in [-0.1, -0.05) is 23.8 Å².